The van der Waals surface area contributed by atoms with E-state index in [1.165, 1.54) is 23.1 Å². The van der Waals surface area contributed by atoms with E-state index in [1.54, 1.807) is 11.8 Å². The molecule has 0 unspecified atom stereocenters. The third kappa shape index (κ3) is 4.46. The molecule has 0 bridgehead atoms. The molecule has 6 nitrogen and oxygen atoms in total. The Labute approximate surface area is 154 Å². The third-order valence-electron chi connectivity index (χ3n) is 3.41. The number of nitrogens with one attached hydrogen (secondary N) is 1. The van der Waals surface area contributed by atoms with Crippen molar-refractivity contribution in [2.24, 2.45) is 0 Å². The van der Waals surface area contributed by atoms with Gasteiger partial charge in [-0.2, -0.15) is 0 Å². The molecule has 25 heavy (non-hydrogen) atoms. The van der Waals surface area contributed by atoms with E-state index in [-0.39, 0.29) is 5.91 Å². The number of rotatable bonds is 7. The molecule has 0 spiro atoms. The molecule has 3 rings (SSSR count). The molecule has 1 amide bonds. The van der Waals surface area contributed by atoms with Gasteiger partial charge in [0.25, 0.3) is 0 Å². The summed E-state index contributed by atoms with van der Waals surface area (Å²) in [7, 11) is 0. The normalized spacial score (nSPS) is 10.8. The topological polar surface area (TPSA) is 74.8 Å². The Bertz CT molecular complexity index is 830. The molecule has 0 aliphatic rings. The lowest BCUT2D eigenvalue weighted by atomic mass is 10.3. The van der Waals surface area contributed by atoms with E-state index in [4.69, 9.17) is 0 Å². The summed E-state index contributed by atoms with van der Waals surface area (Å²) in [4.78, 5) is 22.7. The van der Waals surface area contributed by atoms with Crippen molar-refractivity contribution >= 4 is 39.8 Å². The van der Waals surface area contributed by atoms with Gasteiger partial charge in [0.1, 0.15) is 5.82 Å². The van der Waals surface area contributed by atoms with Crippen LogP contribution in [0.1, 0.15) is 31.8 Å². The van der Waals surface area contributed by atoms with E-state index in [9.17, 15) is 4.79 Å². The summed E-state index contributed by atoms with van der Waals surface area (Å²) >= 11 is 3.00. The smallest absolute Gasteiger partial charge is 0.230 e. The third-order valence-corrected chi connectivity index (χ3v) is 5.16. The number of carbonyl (C=O) groups is 1. The number of hydrogen-bond donors (Lipinski definition) is 1. The summed E-state index contributed by atoms with van der Waals surface area (Å²) < 4.78 is 0. The lowest BCUT2D eigenvalue weighted by Crippen LogP contribution is -2.22. The van der Waals surface area contributed by atoms with E-state index in [2.05, 4.69) is 27.1 Å². The first-order chi connectivity index (χ1) is 12.2. The Morgan fingerprint density at radius 3 is 2.80 bits per heavy atom. The van der Waals surface area contributed by atoms with Crippen LogP contribution in [0.15, 0.2) is 40.9 Å². The maximum absolute atomic E-state index is 12.1. The zero-order valence-corrected chi connectivity index (χ0v) is 15.7. The van der Waals surface area contributed by atoms with Crippen LogP contribution < -0.4 is 4.90 Å². The van der Waals surface area contributed by atoms with Crippen LogP contribution >= 0.6 is 23.1 Å². The molecule has 0 fully saturated rings. The number of benzene rings is 1. The maximum Gasteiger partial charge on any atom is 0.230 e. The molecule has 0 atom stereocenters. The van der Waals surface area contributed by atoms with Gasteiger partial charge in [0.2, 0.25) is 11.1 Å². The van der Waals surface area contributed by atoms with Crippen LogP contribution in [0.4, 0.5) is 10.8 Å². The molecule has 0 radical (unpaired) electrons. The molecule has 0 saturated carbocycles. The molecule has 2 aromatic heterocycles. The van der Waals surface area contributed by atoms with Gasteiger partial charge in [0, 0.05) is 24.5 Å². The van der Waals surface area contributed by atoms with E-state index in [0.717, 1.165) is 35.2 Å². The maximum atomic E-state index is 12.1. The number of amides is 1. The minimum atomic E-state index is -0.0575. The van der Waals surface area contributed by atoms with Crippen LogP contribution in [-0.4, -0.2) is 26.1 Å². The molecule has 8 heteroatoms. The Kier molecular flexibility index (Phi) is 5.83. The Morgan fingerprint density at radius 1 is 1.28 bits per heavy atom. The summed E-state index contributed by atoms with van der Waals surface area (Å²) in [6, 6.07) is 9.55. The fraction of sp³-hybridized carbons (Fsp3) is 0.294. The van der Waals surface area contributed by atoms with E-state index < -0.39 is 0 Å². The molecule has 0 aliphatic carbocycles. The van der Waals surface area contributed by atoms with Crippen molar-refractivity contribution < 1.29 is 4.79 Å². The average molecular weight is 374 g/mol. The molecule has 1 aromatic carbocycles. The van der Waals surface area contributed by atoms with Gasteiger partial charge in [0.05, 0.1) is 11.4 Å². The first-order valence-electron chi connectivity index (χ1n) is 8.01. The number of aryl methyl sites for hydroxylation is 1. The van der Waals surface area contributed by atoms with Gasteiger partial charge in [-0.25, -0.2) is 9.97 Å². The van der Waals surface area contributed by atoms with E-state index in [0.29, 0.717) is 10.9 Å². The number of thiazole rings is 1. The highest BCUT2D eigenvalue weighted by Crippen LogP contribution is 2.30. The van der Waals surface area contributed by atoms with Gasteiger partial charge < -0.3 is 0 Å². The Hall–Kier alpha value is -2.19. The Balaban J connectivity index is 1.69. The molecular formula is C17H19N5OS2. The lowest BCUT2D eigenvalue weighted by molar-refractivity contribution is -0.115. The predicted octanol–water partition coefficient (Wildman–Crippen LogP) is 4.19. The van der Waals surface area contributed by atoms with Crippen molar-refractivity contribution in [1.29, 1.82) is 0 Å². The number of aromatic nitrogens is 4. The van der Waals surface area contributed by atoms with Crippen LogP contribution in [0.3, 0.4) is 0 Å². The van der Waals surface area contributed by atoms with Gasteiger partial charge in [-0.05, 0) is 18.6 Å². The Morgan fingerprint density at radius 2 is 2.08 bits per heavy atom. The van der Waals surface area contributed by atoms with Crippen LogP contribution in [-0.2, 0) is 17.0 Å². The second-order valence-corrected chi connectivity index (χ2v) is 7.19. The van der Waals surface area contributed by atoms with Gasteiger partial charge in [-0.15, -0.1) is 16.4 Å². The van der Waals surface area contributed by atoms with Crippen molar-refractivity contribution in [3.63, 3.8) is 0 Å². The standard InChI is InChI=1S/C17H19N5OS2/c1-3-7-15-19-16(21-20-15)24-10-13-11-25-17(18-13)22(12(2)23)14-8-5-4-6-9-14/h4-6,8-9,11H,3,7,10H2,1-2H3,(H,19,20,21). The van der Waals surface area contributed by atoms with E-state index in [1.807, 2.05) is 35.7 Å². The molecule has 2 heterocycles. The first kappa shape index (κ1) is 17.6. The second kappa shape index (κ2) is 8.26. The summed E-state index contributed by atoms with van der Waals surface area (Å²) in [6.45, 7) is 3.66. The van der Waals surface area contributed by atoms with Gasteiger partial charge in [0.15, 0.2) is 5.13 Å². The lowest BCUT2D eigenvalue weighted by Gasteiger charge is -2.17. The van der Waals surface area contributed by atoms with Crippen LogP contribution in [0.5, 0.6) is 0 Å². The number of carbonyl (C=O) groups excluding carboxylic acids is 1. The summed E-state index contributed by atoms with van der Waals surface area (Å²) in [5.41, 5.74) is 1.73. The van der Waals surface area contributed by atoms with Crippen LogP contribution in [0, 0.1) is 0 Å². The largest absolute Gasteiger partial charge is 0.274 e. The summed E-state index contributed by atoms with van der Waals surface area (Å²) in [6.07, 6.45) is 1.94. The summed E-state index contributed by atoms with van der Waals surface area (Å²) in [5.74, 6) is 1.52. The van der Waals surface area contributed by atoms with Gasteiger partial charge in [-0.3, -0.25) is 14.8 Å². The number of aromatic amines is 1. The average Bonchev–Trinajstić information content (AvgIpc) is 3.24. The minimum Gasteiger partial charge on any atom is -0.274 e. The molecule has 130 valence electrons. The number of hydrogen-bond acceptors (Lipinski definition) is 6. The minimum absolute atomic E-state index is 0.0575. The van der Waals surface area contributed by atoms with Crippen LogP contribution in [0.2, 0.25) is 0 Å². The van der Waals surface area contributed by atoms with Crippen molar-refractivity contribution in [2.45, 2.75) is 37.6 Å². The molecular weight excluding hydrogens is 354 g/mol. The molecule has 0 aliphatic heterocycles. The zero-order chi connectivity index (χ0) is 17.6. The van der Waals surface area contributed by atoms with Crippen LogP contribution in [0.25, 0.3) is 0 Å². The number of thioether (sulfide) groups is 1. The molecule has 0 saturated heterocycles. The predicted molar refractivity (Wildman–Crippen MR) is 101 cm³/mol. The summed E-state index contributed by atoms with van der Waals surface area (Å²) in [5, 5.41) is 10.5. The van der Waals surface area contributed by atoms with Crippen molar-refractivity contribution in [3.05, 3.63) is 47.2 Å². The van der Waals surface area contributed by atoms with Gasteiger partial charge >= 0.3 is 0 Å². The SMILES string of the molecule is CCCc1nc(SCc2csc(N(C(C)=O)c3ccccc3)n2)n[nH]1. The second-order valence-electron chi connectivity index (χ2n) is 5.41. The number of nitrogens with zero attached hydrogens (tertiary/aromatic N) is 4. The van der Waals surface area contributed by atoms with E-state index >= 15 is 0 Å². The monoisotopic (exact) mass is 373 g/mol. The van der Waals surface area contributed by atoms with Crippen molar-refractivity contribution in [1.82, 2.24) is 20.2 Å². The highest BCUT2D eigenvalue weighted by Gasteiger charge is 2.17. The number of H-pyrrole nitrogens is 1. The highest BCUT2D eigenvalue weighted by molar-refractivity contribution is 7.98. The van der Waals surface area contributed by atoms with Gasteiger partial charge in [-0.1, -0.05) is 36.9 Å². The highest BCUT2D eigenvalue weighted by atomic mass is 32.2. The molecule has 3 aromatic rings. The van der Waals surface area contributed by atoms with Crippen molar-refractivity contribution in [2.75, 3.05) is 4.90 Å². The molecule has 1 N–H and O–H groups in total. The first-order valence-corrected chi connectivity index (χ1v) is 9.88. The van der Waals surface area contributed by atoms with Crippen molar-refractivity contribution in [3.8, 4) is 0 Å². The fourth-order valence-electron chi connectivity index (χ4n) is 2.30. The fourth-order valence-corrected chi connectivity index (χ4v) is 4.00. The number of para-hydroxylation sites is 1. The quantitative estimate of drug-likeness (QED) is 0.629. The zero-order valence-electron chi connectivity index (χ0n) is 14.1. The number of anilines is 2.